The minimum Gasteiger partial charge on any atom is -0.423 e. The number of nitrogens with zero attached hydrogens (tertiary/aromatic N) is 1. The molecule has 0 fully saturated rings. The number of rotatable bonds is 6. The minimum atomic E-state index is -0.608. The molecular formula is C22H16Cl2N2O2. The van der Waals surface area contributed by atoms with Crippen LogP contribution in [0, 0.1) is 0 Å². The molecule has 4 aromatic rings. The van der Waals surface area contributed by atoms with Crippen LogP contribution in [0.3, 0.4) is 0 Å². The molecule has 3 aromatic carbocycles. The SMILES string of the molecule is O=C(Cc1cccc(Cl)c1)C(Nc1nc2ccc(Cl)cc2o1)c1ccccc1. The number of hydrogen-bond acceptors (Lipinski definition) is 4. The van der Waals surface area contributed by atoms with Gasteiger partial charge in [-0.1, -0.05) is 65.7 Å². The number of carbonyl (C=O) groups is 1. The Kier molecular flexibility index (Phi) is 5.33. The maximum Gasteiger partial charge on any atom is 0.296 e. The molecule has 1 N–H and O–H groups in total. The molecule has 140 valence electrons. The number of benzene rings is 3. The summed E-state index contributed by atoms with van der Waals surface area (Å²) in [5, 5.41) is 4.30. The Morgan fingerprint density at radius 3 is 2.54 bits per heavy atom. The average Bonchev–Trinajstić information content (AvgIpc) is 3.08. The van der Waals surface area contributed by atoms with Crippen molar-refractivity contribution in [2.45, 2.75) is 12.5 Å². The van der Waals surface area contributed by atoms with Crippen LogP contribution in [-0.2, 0) is 11.2 Å². The highest BCUT2D eigenvalue weighted by Crippen LogP contribution is 2.27. The van der Waals surface area contributed by atoms with E-state index in [2.05, 4.69) is 10.3 Å². The second-order valence-electron chi connectivity index (χ2n) is 6.39. The second-order valence-corrected chi connectivity index (χ2v) is 7.26. The molecule has 0 spiro atoms. The lowest BCUT2D eigenvalue weighted by atomic mass is 9.98. The van der Waals surface area contributed by atoms with Gasteiger partial charge in [-0.05, 0) is 35.4 Å². The average molecular weight is 411 g/mol. The summed E-state index contributed by atoms with van der Waals surface area (Å²) >= 11 is 12.1. The fraction of sp³-hybridized carbons (Fsp3) is 0.0909. The van der Waals surface area contributed by atoms with Crippen molar-refractivity contribution >= 4 is 46.1 Å². The molecule has 4 rings (SSSR count). The third kappa shape index (κ3) is 4.19. The first-order valence-corrected chi connectivity index (χ1v) is 9.49. The van der Waals surface area contributed by atoms with E-state index in [9.17, 15) is 4.79 Å². The monoisotopic (exact) mass is 410 g/mol. The molecule has 0 aliphatic carbocycles. The Bertz CT molecular complexity index is 1130. The molecule has 0 aliphatic heterocycles. The Morgan fingerprint density at radius 1 is 0.964 bits per heavy atom. The van der Waals surface area contributed by atoms with Crippen LogP contribution in [0.5, 0.6) is 0 Å². The molecule has 4 nitrogen and oxygen atoms in total. The number of nitrogens with one attached hydrogen (secondary N) is 1. The zero-order valence-electron chi connectivity index (χ0n) is 14.7. The molecule has 0 saturated carbocycles. The molecule has 0 aliphatic rings. The predicted molar refractivity (Wildman–Crippen MR) is 112 cm³/mol. The summed E-state index contributed by atoms with van der Waals surface area (Å²) in [6, 6.07) is 21.7. The van der Waals surface area contributed by atoms with Gasteiger partial charge in [0, 0.05) is 22.5 Å². The molecule has 0 radical (unpaired) electrons. The van der Waals surface area contributed by atoms with Crippen molar-refractivity contribution in [3.63, 3.8) is 0 Å². The van der Waals surface area contributed by atoms with E-state index in [0.29, 0.717) is 21.1 Å². The van der Waals surface area contributed by atoms with Gasteiger partial charge in [0.1, 0.15) is 11.6 Å². The molecule has 1 aromatic heterocycles. The third-order valence-electron chi connectivity index (χ3n) is 4.34. The lowest BCUT2D eigenvalue weighted by molar-refractivity contribution is -0.119. The van der Waals surface area contributed by atoms with E-state index in [1.165, 1.54) is 0 Å². The van der Waals surface area contributed by atoms with Crippen LogP contribution < -0.4 is 5.32 Å². The highest BCUT2D eigenvalue weighted by molar-refractivity contribution is 6.31. The summed E-state index contributed by atoms with van der Waals surface area (Å²) in [4.78, 5) is 17.5. The molecule has 0 bridgehead atoms. The van der Waals surface area contributed by atoms with Crippen LogP contribution in [0.25, 0.3) is 11.1 Å². The minimum absolute atomic E-state index is 0.0197. The number of oxazole rings is 1. The van der Waals surface area contributed by atoms with E-state index in [1.54, 1.807) is 30.3 Å². The van der Waals surface area contributed by atoms with Crippen molar-refractivity contribution in [2.75, 3.05) is 5.32 Å². The van der Waals surface area contributed by atoms with Crippen molar-refractivity contribution in [1.82, 2.24) is 4.98 Å². The van der Waals surface area contributed by atoms with E-state index in [0.717, 1.165) is 11.1 Å². The standard InChI is InChI=1S/C22H16Cl2N2O2/c23-16-8-4-5-14(11-16)12-19(27)21(15-6-2-1-3-7-15)26-22-25-18-10-9-17(24)13-20(18)28-22/h1-11,13,21H,12H2,(H,25,26). The number of anilines is 1. The van der Waals surface area contributed by atoms with Gasteiger partial charge in [-0.15, -0.1) is 0 Å². The van der Waals surface area contributed by atoms with Crippen LogP contribution >= 0.6 is 23.2 Å². The van der Waals surface area contributed by atoms with Gasteiger partial charge < -0.3 is 9.73 Å². The van der Waals surface area contributed by atoms with E-state index >= 15 is 0 Å². The number of aromatic nitrogens is 1. The van der Waals surface area contributed by atoms with Gasteiger partial charge in [-0.3, -0.25) is 4.79 Å². The summed E-state index contributed by atoms with van der Waals surface area (Å²) in [6.07, 6.45) is 0.235. The Balaban J connectivity index is 1.64. The predicted octanol–water partition coefficient (Wildman–Crippen LogP) is 6.10. The van der Waals surface area contributed by atoms with E-state index < -0.39 is 6.04 Å². The molecular weight excluding hydrogens is 395 g/mol. The molecule has 1 atom stereocenters. The largest absolute Gasteiger partial charge is 0.423 e. The normalized spacial score (nSPS) is 12.1. The van der Waals surface area contributed by atoms with E-state index in [1.807, 2.05) is 42.5 Å². The highest BCUT2D eigenvalue weighted by atomic mass is 35.5. The van der Waals surface area contributed by atoms with Crippen molar-refractivity contribution in [2.24, 2.45) is 0 Å². The molecule has 0 amide bonds. The van der Waals surface area contributed by atoms with Gasteiger partial charge in [0.25, 0.3) is 6.01 Å². The Labute approximate surface area is 172 Å². The summed E-state index contributed by atoms with van der Waals surface area (Å²) in [6.45, 7) is 0. The Morgan fingerprint density at radius 2 is 1.75 bits per heavy atom. The lowest BCUT2D eigenvalue weighted by Crippen LogP contribution is -2.23. The smallest absolute Gasteiger partial charge is 0.296 e. The van der Waals surface area contributed by atoms with Gasteiger partial charge in [0.2, 0.25) is 0 Å². The van der Waals surface area contributed by atoms with Crippen LogP contribution in [0.4, 0.5) is 6.01 Å². The highest BCUT2D eigenvalue weighted by Gasteiger charge is 2.23. The third-order valence-corrected chi connectivity index (χ3v) is 4.81. The maximum absolute atomic E-state index is 13.1. The first-order valence-electron chi connectivity index (χ1n) is 8.73. The van der Waals surface area contributed by atoms with Gasteiger partial charge in [-0.25, -0.2) is 0 Å². The number of ketones is 1. The van der Waals surface area contributed by atoms with Crippen molar-refractivity contribution in [1.29, 1.82) is 0 Å². The number of carbonyl (C=O) groups excluding carboxylic acids is 1. The number of halogens is 2. The van der Waals surface area contributed by atoms with Crippen LogP contribution in [0.2, 0.25) is 10.0 Å². The maximum atomic E-state index is 13.1. The summed E-state index contributed by atoms with van der Waals surface area (Å²) in [7, 11) is 0. The van der Waals surface area contributed by atoms with Crippen molar-refractivity contribution in [3.8, 4) is 0 Å². The van der Waals surface area contributed by atoms with Crippen molar-refractivity contribution in [3.05, 3.63) is 94.0 Å². The fourth-order valence-corrected chi connectivity index (χ4v) is 3.40. The lowest BCUT2D eigenvalue weighted by Gasteiger charge is -2.17. The first kappa shape index (κ1) is 18.5. The molecule has 1 unspecified atom stereocenters. The summed E-state index contributed by atoms with van der Waals surface area (Å²) < 4.78 is 5.74. The second kappa shape index (κ2) is 8.05. The number of fused-ring (bicyclic) bond motifs is 1. The fourth-order valence-electron chi connectivity index (χ4n) is 3.03. The summed E-state index contributed by atoms with van der Waals surface area (Å²) in [5.41, 5.74) is 2.91. The van der Waals surface area contributed by atoms with Gasteiger partial charge in [-0.2, -0.15) is 4.98 Å². The van der Waals surface area contributed by atoms with E-state index in [4.69, 9.17) is 27.6 Å². The first-order chi connectivity index (χ1) is 13.6. The van der Waals surface area contributed by atoms with Gasteiger partial charge >= 0.3 is 0 Å². The van der Waals surface area contributed by atoms with Crippen LogP contribution in [0.1, 0.15) is 17.2 Å². The summed E-state index contributed by atoms with van der Waals surface area (Å²) in [5.74, 6) is -0.0197. The zero-order chi connectivity index (χ0) is 19.5. The van der Waals surface area contributed by atoms with Crippen molar-refractivity contribution < 1.29 is 9.21 Å². The number of hydrogen-bond donors (Lipinski definition) is 1. The molecule has 1 heterocycles. The zero-order valence-corrected chi connectivity index (χ0v) is 16.2. The van der Waals surface area contributed by atoms with Crippen LogP contribution in [0.15, 0.2) is 77.2 Å². The molecule has 28 heavy (non-hydrogen) atoms. The quantitative estimate of drug-likeness (QED) is 0.417. The molecule has 0 saturated heterocycles. The van der Waals surface area contributed by atoms with Gasteiger partial charge in [0.15, 0.2) is 11.4 Å². The van der Waals surface area contributed by atoms with E-state index in [-0.39, 0.29) is 18.2 Å². The molecule has 6 heteroatoms. The van der Waals surface area contributed by atoms with Crippen LogP contribution in [-0.4, -0.2) is 10.8 Å². The topological polar surface area (TPSA) is 55.1 Å². The van der Waals surface area contributed by atoms with Gasteiger partial charge in [0.05, 0.1) is 0 Å². The number of Topliss-reactive ketones (excluding diaryl/α,β-unsaturated/α-hetero) is 1. The Hall–Kier alpha value is -2.82.